The summed E-state index contributed by atoms with van der Waals surface area (Å²) in [7, 11) is 0. The van der Waals surface area contributed by atoms with Gasteiger partial charge in [0, 0.05) is 22.7 Å². The number of carbonyl (C=O) groups is 1. The van der Waals surface area contributed by atoms with E-state index in [1.165, 1.54) is 12.8 Å². The first-order valence-electron chi connectivity index (χ1n) is 6.88. The lowest BCUT2D eigenvalue weighted by atomic mass is 10.00. The van der Waals surface area contributed by atoms with Gasteiger partial charge in [0.25, 0.3) is 0 Å². The van der Waals surface area contributed by atoms with Crippen LogP contribution in [0.5, 0.6) is 0 Å². The largest absolute Gasteiger partial charge is 0.359 e. The van der Waals surface area contributed by atoms with E-state index in [0.29, 0.717) is 6.04 Å². The molecule has 0 saturated heterocycles. The molecule has 1 saturated carbocycles. The van der Waals surface area contributed by atoms with Gasteiger partial charge < -0.3 is 10.6 Å². The Morgan fingerprint density at radius 2 is 2.25 bits per heavy atom. The third kappa shape index (κ3) is 1.98. The summed E-state index contributed by atoms with van der Waals surface area (Å²) in [5.41, 5.74) is 4.05. The molecule has 1 aromatic carbocycles. The Balaban J connectivity index is 1.65. The maximum atomic E-state index is 11.7. The quantitative estimate of drug-likeness (QED) is 0.908. The molecule has 102 valence electrons. The highest BCUT2D eigenvalue weighted by Gasteiger charge is 2.27. The van der Waals surface area contributed by atoms with Crippen LogP contribution in [0.3, 0.4) is 0 Å². The van der Waals surface area contributed by atoms with E-state index < -0.39 is 0 Å². The van der Waals surface area contributed by atoms with E-state index >= 15 is 0 Å². The second-order valence-corrected chi connectivity index (χ2v) is 6.33. The number of anilines is 2. The summed E-state index contributed by atoms with van der Waals surface area (Å²) < 4.78 is 0. The molecule has 5 heteroatoms. The molecule has 2 N–H and O–H groups in total. The van der Waals surface area contributed by atoms with E-state index in [1.807, 2.05) is 19.1 Å². The predicted octanol–water partition coefficient (Wildman–Crippen LogP) is 3.44. The molecule has 1 fully saturated rings. The standard InChI is InChI=1S/C15H15N3OS/c1-8-11-6-9(2-5-12(11)17-14(8)19)13-7-20-15(18-13)16-10-3-4-10/h2,5-8,10H,3-4H2,1H3,(H,16,18)(H,17,19). The number of fused-ring (bicyclic) bond motifs is 1. The molecule has 1 aliphatic carbocycles. The molecule has 20 heavy (non-hydrogen) atoms. The van der Waals surface area contributed by atoms with Crippen molar-refractivity contribution >= 4 is 28.1 Å². The highest BCUT2D eigenvalue weighted by molar-refractivity contribution is 7.14. The van der Waals surface area contributed by atoms with Crippen LogP contribution in [0.1, 0.15) is 31.2 Å². The molecule has 2 heterocycles. The molecule has 4 rings (SSSR count). The number of amides is 1. The zero-order valence-corrected chi connectivity index (χ0v) is 12.0. The van der Waals surface area contributed by atoms with Crippen LogP contribution in [-0.2, 0) is 4.79 Å². The summed E-state index contributed by atoms with van der Waals surface area (Å²) in [5.74, 6) is -0.000776. The summed E-state index contributed by atoms with van der Waals surface area (Å²) >= 11 is 1.64. The summed E-state index contributed by atoms with van der Waals surface area (Å²) in [6.45, 7) is 1.94. The lowest BCUT2D eigenvalue weighted by Crippen LogP contribution is -2.08. The maximum absolute atomic E-state index is 11.7. The fourth-order valence-electron chi connectivity index (χ4n) is 2.45. The van der Waals surface area contributed by atoms with Gasteiger partial charge in [-0.25, -0.2) is 4.98 Å². The second-order valence-electron chi connectivity index (χ2n) is 5.47. The monoisotopic (exact) mass is 285 g/mol. The number of hydrogen-bond acceptors (Lipinski definition) is 4. The Kier molecular flexibility index (Phi) is 2.57. The van der Waals surface area contributed by atoms with Gasteiger partial charge in [-0.1, -0.05) is 6.07 Å². The van der Waals surface area contributed by atoms with Gasteiger partial charge in [0.2, 0.25) is 5.91 Å². The SMILES string of the molecule is CC1C(=O)Nc2ccc(-c3csc(NC4CC4)n3)cc21. The van der Waals surface area contributed by atoms with E-state index in [0.717, 1.165) is 27.6 Å². The van der Waals surface area contributed by atoms with Gasteiger partial charge >= 0.3 is 0 Å². The van der Waals surface area contributed by atoms with Crippen LogP contribution in [0, 0.1) is 0 Å². The number of thiazole rings is 1. The Hall–Kier alpha value is -1.88. The number of carbonyl (C=O) groups excluding carboxylic acids is 1. The van der Waals surface area contributed by atoms with Crippen molar-refractivity contribution in [1.82, 2.24) is 4.98 Å². The molecular weight excluding hydrogens is 270 g/mol. The van der Waals surface area contributed by atoms with Crippen LogP contribution in [0.15, 0.2) is 23.6 Å². The minimum atomic E-state index is -0.0763. The Bertz CT molecular complexity index is 690. The van der Waals surface area contributed by atoms with E-state index in [4.69, 9.17) is 0 Å². The van der Waals surface area contributed by atoms with Crippen LogP contribution in [0.4, 0.5) is 10.8 Å². The number of aromatic nitrogens is 1. The Labute approximate surface area is 121 Å². The molecule has 2 aromatic rings. The molecule has 0 radical (unpaired) electrons. The molecule has 0 bridgehead atoms. The Morgan fingerprint density at radius 1 is 1.40 bits per heavy atom. The summed E-state index contributed by atoms with van der Waals surface area (Å²) in [6.07, 6.45) is 2.50. The van der Waals surface area contributed by atoms with Gasteiger partial charge in [-0.15, -0.1) is 11.3 Å². The van der Waals surface area contributed by atoms with Crippen molar-refractivity contribution in [2.24, 2.45) is 0 Å². The van der Waals surface area contributed by atoms with Gasteiger partial charge in [-0.3, -0.25) is 4.79 Å². The Morgan fingerprint density at radius 3 is 3.05 bits per heavy atom. The first kappa shape index (κ1) is 11.9. The van der Waals surface area contributed by atoms with Crippen LogP contribution >= 0.6 is 11.3 Å². The van der Waals surface area contributed by atoms with Crippen LogP contribution in [-0.4, -0.2) is 16.9 Å². The molecule has 2 aliphatic rings. The van der Waals surface area contributed by atoms with Crippen molar-refractivity contribution < 1.29 is 4.79 Å². The molecule has 1 aromatic heterocycles. The van der Waals surface area contributed by atoms with Crippen molar-refractivity contribution in [3.8, 4) is 11.3 Å². The minimum absolute atomic E-state index is 0.0755. The molecular formula is C15H15N3OS. The van der Waals surface area contributed by atoms with Crippen LogP contribution in [0.2, 0.25) is 0 Å². The molecule has 1 unspecified atom stereocenters. The van der Waals surface area contributed by atoms with Gasteiger partial charge in [-0.2, -0.15) is 0 Å². The lowest BCUT2D eigenvalue weighted by molar-refractivity contribution is -0.116. The normalized spacial score (nSPS) is 20.6. The zero-order chi connectivity index (χ0) is 13.7. The van der Waals surface area contributed by atoms with Crippen LogP contribution in [0.25, 0.3) is 11.3 Å². The van der Waals surface area contributed by atoms with E-state index in [1.54, 1.807) is 11.3 Å². The van der Waals surface area contributed by atoms with Crippen molar-refractivity contribution in [2.45, 2.75) is 31.7 Å². The number of benzene rings is 1. The summed E-state index contributed by atoms with van der Waals surface area (Å²) in [5, 5.41) is 9.37. The highest BCUT2D eigenvalue weighted by Crippen LogP contribution is 2.36. The maximum Gasteiger partial charge on any atom is 0.231 e. The average Bonchev–Trinajstić information content (AvgIpc) is 3.05. The van der Waals surface area contributed by atoms with E-state index in [-0.39, 0.29) is 11.8 Å². The fourth-order valence-corrected chi connectivity index (χ4v) is 3.25. The highest BCUT2D eigenvalue weighted by atomic mass is 32.1. The molecule has 0 spiro atoms. The fraction of sp³-hybridized carbons (Fsp3) is 0.333. The van der Waals surface area contributed by atoms with E-state index in [2.05, 4.69) is 27.1 Å². The topological polar surface area (TPSA) is 54.0 Å². The van der Waals surface area contributed by atoms with Crippen molar-refractivity contribution in [3.05, 3.63) is 29.1 Å². The average molecular weight is 285 g/mol. The third-order valence-corrected chi connectivity index (χ3v) is 4.65. The summed E-state index contributed by atoms with van der Waals surface area (Å²) in [4.78, 5) is 16.3. The molecule has 4 nitrogen and oxygen atoms in total. The number of hydrogen-bond donors (Lipinski definition) is 2. The van der Waals surface area contributed by atoms with Gasteiger partial charge in [0.1, 0.15) is 0 Å². The molecule has 1 aliphatic heterocycles. The summed E-state index contributed by atoms with van der Waals surface area (Å²) in [6, 6.07) is 6.69. The van der Waals surface area contributed by atoms with Crippen molar-refractivity contribution in [1.29, 1.82) is 0 Å². The molecule has 1 amide bonds. The number of nitrogens with zero attached hydrogens (tertiary/aromatic N) is 1. The lowest BCUT2D eigenvalue weighted by Gasteiger charge is -2.04. The van der Waals surface area contributed by atoms with Crippen molar-refractivity contribution in [2.75, 3.05) is 10.6 Å². The van der Waals surface area contributed by atoms with Crippen LogP contribution < -0.4 is 10.6 Å². The van der Waals surface area contributed by atoms with E-state index in [9.17, 15) is 4.79 Å². The number of nitrogens with one attached hydrogen (secondary N) is 2. The molecule has 1 atom stereocenters. The third-order valence-electron chi connectivity index (χ3n) is 3.87. The van der Waals surface area contributed by atoms with Gasteiger partial charge in [0.05, 0.1) is 11.6 Å². The minimum Gasteiger partial charge on any atom is -0.359 e. The first-order chi connectivity index (χ1) is 9.70. The van der Waals surface area contributed by atoms with Crippen molar-refractivity contribution in [3.63, 3.8) is 0 Å². The van der Waals surface area contributed by atoms with Gasteiger partial charge in [0.15, 0.2) is 5.13 Å². The predicted molar refractivity (Wildman–Crippen MR) is 81.2 cm³/mol. The number of rotatable bonds is 3. The van der Waals surface area contributed by atoms with Gasteiger partial charge in [-0.05, 0) is 37.5 Å². The zero-order valence-electron chi connectivity index (χ0n) is 11.1. The second kappa shape index (κ2) is 4.31. The first-order valence-corrected chi connectivity index (χ1v) is 7.76. The smallest absolute Gasteiger partial charge is 0.231 e.